The fourth-order valence-electron chi connectivity index (χ4n) is 3.76. The Morgan fingerprint density at radius 1 is 0.966 bits per heavy atom. The molecule has 2 amide bonds. The van der Waals surface area contributed by atoms with Crippen LogP contribution in [-0.2, 0) is 16.1 Å². The number of amides is 2. The van der Waals surface area contributed by atoms with Crippen molar-refractivity contribution in [3.8, 4) is 0 Å². The number of piperidine rings is 1. The fraction of sp³-hybridized carbons (Fsp3) is 0.636. The molecule has 1 N–H and O–H groups in total. The third kappa shape index (κ3) is 6.63. The van der Waals surface area contributed by atoms with Crippen LogP contribution in [0.25, 0.3) is 0 Å². The molecule has 1 atom stereocenters. The number of nitrogens with zero attached hydrogens (tertiary/aromatic N) is 2. The van der Waals surface area contributed by atoms with E-state index in [1.165, 1.54) is 0 Å². The summed E-state index contributed by atoms with van der Waals surface area (Å²) in [5.74, 6) is 0. The van der Waals surface area contributed by atoms with Crippen LogP contribution in [-0.4, -0.2) is 65.9 Å². The van der Waals surface area contributed by atoms with Crippen molar-refractivity contribution in [1.82, 2.24) is 15.1 Å². The lowest BCUT2D eigenvalue weighted by Crippen LogP contribution is -2.49. The maximum Gasteiger partial charge on any atom is 0.410 e. The molecule has 1 aromatic rings. The lowest BCUT2D eigenvalue weighted by Gasteiger charge is -2.34. The van der Waals surface area contributed by atoms with Crippen LogP contribution in [0, 0.1) is 0 Å². The lowest BCUT2D eigenvalue weighted by molar-refractivity contribution is 0.0195. The van der Waals surface area contributed by atoms with Crippen molar-refractivity contribution in [3.63, 3.8) is 0 Å². The lowest BCUT2D eigenvalue weighted by atomic mass is 10.0. The minimum absolute atomic E-state index is 0.232. The zero-order chi connectivity index (χ0) is 20.9. The molecular formula is C22H33N3O4. The molecule has 0 aromatic heterocycles. The van der Waals surface area contributed by atoms with Crippen molar-refractivity contribution in [3.05, 3.63) is 35.9 Å². The number of hydrogen-bond donors (Lipinski definition) is 1. The van der Waals surface area contributed by atoms with E-state index in [1.54, 1.807) is 9.80 Å². The molecule has 29 heavy (non-hydrogen) atoms. The highest BCUT2D eigenvalue weighted by atomic mass is 16.6. The summed E-state index contributed by atoms with van der Waals surface area (Å²) in [6.07, 6.45) is 2.23. The van der Waals surface area contributed by atoms with Crippen LogP contribution in [0.3, 0.4) is 0 Å². The highest BCUT2D eigenvalue weighted by Crippen LogP contribution is 2.18. The minimum Gasteiger partial charge on any atom is -0.445 e. The van der Waals surface area contributed by atoms with Crippen molar-refractivity contribution < 1.29 is 19.1 Å². The Kier molecular flexibility index (Phi) is 7.00. The predicted octanol–water partition coefficient (Wildman–Crippen LogP) is 3.39. The molecule has 1 unspecified atom stereocenters. The normalized spacial score (nSPS) is 20.6. The van der Waals surface area contributed by atoms with Gasteiger partial charge in [0.15, 0.2) is 0 Å². The van der Waals surface area contributed by atoms with Crippen molar-refractivity contribution in [2.24, 2.45) is 0 Å². The Hall–Kier alpha value is -2.28. The number of hydrogen-bond acceptors (Lipinski definition) is 5. The summed E-state index contributed by atoms with van der Waals surface area (Å²) < 4.78 is 10.9. The molecule has 160 valence electrons. The maximum absolute atomic E-state index is 12.3. The summed E-state index contributed by atoms with van der Waals surface area (Å²) in [6.45, 7) is 8.73. The molecule has 0 spiro atoms. The van der Waals surface area contributed by atoms with Crippen LogP contribution in [0.15, 0.2) is 30.3 Å². The van der Waals surface area contributed by atoms with E-state index < -0.39 is 5.60 Å². The molecule has 1 aromatic carbocycles. The van der Waals surface area contributed by atoms with E-state index in [2.05, 4.69) is 5.32 Å². The maximum atomic E-state index is 12.3. The smallest absolute Gasteiger partial charge is 0.410 e. The third-order valence-electron chi connectivity index (χ3n) is 5.27. The van der Waals surface area contributed by atoms with Gasteiger partial charge in [-0.2, -0.15) is 0 Å². The number of ether oxygens (including phenoxy) is 2. The minimum atomic E-state index is -0.464. The number of rotatable bonds is 4. The summed E-state index contributed by atoms with van der Waals surface area (Å²) in [7, 11) is 0. The van der Waals surface area contributed by atoms with Gasteiger partial charge in [-0.15, -0.1) is 0 Å². The number of carbonyl (C=O) groups is 2. The topological polar surface area (TPSA) is 71.1 Å². The summed E-state index contributed by atoms with van der Waals surface area (Å²) >= 11 is 0. The second-order valence-electron chi connectivity index (χ2n) is 8.88. The summed E-state index contributed by atoms with van der Waals surface area (Å²) in [6, 6.07) is 10.4. The van der Waals surface area contributed by atoms with Crippen molar-refractivity contribution in [1.29, 1.82) is 0 Å². The Labute approximate surface area is 173 Å². The molecule has 2 saturated heterocycles. The predicted molar refractivity (Wildman–Crippen MR) is 111 cm³/mol. The molecule has 3 rings (SSSR count). The standard InChI is InChI=1S/C22H33N3O4/c1-22(2,3)29-21(27)24-12-9-18(10-13-24)23-19-11-14-25(15-19)20(26)28-16-17-7-5-4-6-8-17/h4-8,18-19,23H,9-16H2,1-3H3. The largest absolute Gasteiger partial charge is 0.445 e. The van der Waals surface area contributed by atoms with Gasteiger partial charge in [0.1, 0.15) is 12.2 Å². The van der Waals surface area contributed by atoms with Crippen LogP contribution in [0.1, 0.15) is 45.6 Å². The molecule has 2 aliphatic rings. The molecule has 0 aliphatic carbocycles. The zero-order valence-corrected chi connectivity index (χ0v) is 17.7. The molecule has 0 radical (unpaired) electrons. The second kappa shape index (κ2) is 9.48. The average molecular weight is 404 g/mol. The van der Waals surface area contributed by atoms with Crippen molar-refractivity contribution in [2.75, 3.05) is 26.2 Å². The van der Waals surface area contributed by atoms with Crippen LogP contribution < -0.4 is 5.32 Å². The number of nitrogens with one attached hydrogen (secondary N) is 1. The van der Waals surface area contributed by atoms with Gasteiger partial charge < -0.3 is 24.6 Å². The summed E-state index contributed by atoms with van der Waals surface area (Å²) in [5, 5.41) is 3.66. The van der Waals surface area contributed by atoms with Gasteiger partial charge in [-0.25, -0.2) is 9.59 Å². The van der Waals surface area contributed by atoms with E-state index in [-0.39, 0.29) is 18.2 Å². The van der Waals surface area contributed by atoms with E-state index in [1.807, 2.05) is 51.1 Å². The van der Waals surface area contributed by atoms with Crippen LogP contribution in [0.5, 0.6) is 0 Å². The van der Waals surface area contributed by atoms with Gasteiger partial charge in [0, 0.05) is 38.3 Å². The molecule has 2 fully saturated rings. The van der Waals surface area contributed by atoms with Gasteiger partial charge in [-0.1, -0.05) is 30.3 Å². The van der Waals surface area contributed by atoms with Gasteiger partial charge in [0.05, 0.1) is 0 Å². The molecule has 2 aliphatic heterocycles. The van der Waals surface area contributed by atoms with Crippen LogP contribution in [0.4, 0.5) is 9.59 Å². The molecular weight excluding hydrogens is 370 g/mol. The molecule has 7 nitrogen and oxygen atoms in total. The van der Waals surface area contributed by atoms with E-state index in [9.17, 15) is 9.59 Å². The number of carbonyl (C=O) groups excluding carboxylic acids is 2. The number of benzene rings is 1. The van der Waals surface area contributed by atoms with Gasteiger partial charge in [0.2, 0.25) is 0 Å². The summed E-state index contributed by atoms with van der Waals surface area (Å²) in [4.78, 5) is 28.0. The monoisotopic (exact) mass is 403 g/mol. The van der Waals surface area contributed by atoms with Crippen LogP contribution in [0.2, 0.25) is 0 Å². The number of likely N-dealkylation sites (tertiary alicyclic amines) is 2. The quantitative estimate of drug-likeness (QED) is 0.834. The zero-order valence-electron chi connectivity index (χ0n) is 17.7. The van der Waals surface area contributed by atoms with E-state index >= 15 is 0 Å². The summed E-state index contributed by atoms with van der Waals surface area (Å²) in [5.41, 5.74) is 0.528. The van der Waals surface area contributed by atoms with Gasteiger partial charge in [0.25, 0.3) is 0 Å². The van der Waals surface area contributed by atoms with E-state index in [0.717, 1.165) is 24.8 Å². The SMILES string of the molecule is CC(C)(C)OC(=O)N1CCC(NC2CCN(C(=O)OCc3ccccc3)C2)CC1. The molecule has 0 bridgehead atoms. The highest BCUT2D eigenvalue weighted by molar-refractivity contribution is 5.68. The van der Waals surface area contributed by atoms with Gasteiger partial charge in [-0.3, -0.25) is 0 Å². The third-order valence-corrected chi connectivity index (χ3v) is 5.27. The highest BCUT2D eigenvalue weighted by Gasteiger charge is 2.31. The van der Waals surface area contributed by atoms with Crippen LogP contribution >= 0.6 is 0 Å². The molecule has 7 heteroatoms. The Morgan fingerprint density at radius 3 is 2.24 bits per heavy atom. The van der Waals surface area contributed by atoms with Gasteiger partial charge in [-0.05, 0) is 45.6 Å². The first kappa shape index (κ1) is 21.4. The Morgan fingerprint density at radius 2 is 1.59 bits per heavy atom. The van der Waals surface area contributed by atoms with Crippen molar-refractivity contribution in [2.45, 2.75) is 64.3 Å². The first-order valence-electron chi connectivity index (χ1n) is 10.5. The van der Waals surface area contributed by atoms with Crippen molar-refractivity contribution >= 4 is 12.2 Å². The molecule has 0 saturated carbocycles. The average Bonchev–Trinajstić information content (AvgIpc) is 3.15. The van der Waals surface area contributed by atoms with Gasteiger partial charge >= 0.3 is 12.2 Å². The second-order valence-corrected chi connectivity index (χ2v) is 8.88. The first-order valence-corrected chi connectivity index (χ1v) is 10.5. The van der Waals surface area contributed by atoms with E-state index in [4.69, 9.17) is 9.47 Å². The first-order chi connectivity index (χ1) is 13.8. The van der Waals surface area contributed by atoms with E-state index in [0.29, 0.717) is 38.8 Å². The Bertz CT molecular complexity index is 681. The fourth-order valence-corrected chi connectivity index (χ4v) is 3.76. The Balaban J connectivity index is 1.36. The molecule has 2 heterocycles.